The zero-order valence-electron chi connectivity index (χ0n) is 26.2. The van der Waals surface area contributed by atoms with Gasteiger partial charge < -0.3 is 64.7 Å². The van der Waals surface area contributed by atoms with Crippen LogP contribution in [0.3, 0.4) is 0 Å². The van der Waals surface area contributed by atoms with Gasteiger partial charge in [-0.25, -0.2) is 0 Å². The Morgan fingerprint density at radius 3 is 0.894 bits per heavy atom. The van der Waals surface area contributed by atoms with E-state index >= 15 is 0 Å². The molecule has 19 nitrogen and oxygen atoms in total. The molecule has 0 unspecified atom stereocenters. The zero-order valence-corrected chi connectivity index (χ0v) is 26.2. The van der Waals surface area contributed by atoms with Crippen molar-refractivity contribution in [2.75, 3.05) is 79.3 Å². The molecule has 7 N–H and O–H groups in total. The summed E-state index contributed by atoms with van der Waals surface area (Å²) in [5.41, 5.74) is 0. The molecule has 0 aliphatic heterocycles. The van der Waals surface area contributed by atoms with Crippen LogP contribution in [0.5, 0.6) is 0 Å². The van der Waals surface area contributed by atoms with Gasteiger partial charge in [-0.05, 0) is 0 Å². The highest BCUT2D eigenvalue weighted by Gasteiger charge is 2.16. The minimum absolute atomic E-state index is 0.0172. The average Bonchev–Trinajstić information content (AvgIpc) is 3.00. The molecule has 2 radical (unpaired) electrons. The number of carbonyl (C=O) groups excluding carboxylic acids is 2. The van der Waals surface area contributed by atoms with Gasteiger partial charge in [-0.3, -0.25) is 28.8 Å². The summed E-state index contributed by atoms with van der Waals surface area (Å²) in [4.78, 5) is 67.2. The topological polar surface area (TPSA) is 275 Å². The lowest BCUT2D eigenvalue weighted by Gasteiger charge is -2.20. The number of ether oxygens (including phenoxy) is 6. The summed E-state index contributed by atoms with van der Waals surface area (Å²) in [6.45, 7) is -0.271. The van der Waals surface area contributed by atoms with Gasteiger partial charge in [-0.1, -0.05) is 0 Å². The first-order chi connectivity index (χ1) is 22.4. The van der Waals surface area contributed by atoms with E-state index in [1.54, 1.807) is 0 Å². The van der Waals surface area contributed by atoms with Crippen LogP contribution in [-0.2, 0) is 57.2 Å². The van der Waals surface area contributed by atoms with Crippen molar-refractivity contribution in [1.29, 1.82) is 0 Å². The number of carboxylic acid groups (broad SMARTS) is 4. The Morgan fingerprint density at radius 1 is 0.426 bits per heavy atom. The number of rotatable bonds is 33. The molecule has 0 atom stereocenters. The van der Waals surface area contributed by atoms with Crippen LogP contribution in [0.15, 0.2) is 0 Å². The summed E-state index contributed by atoms with van der Waals surface area (Å²) in [6, 6.07) is -1.76. The molecule has 0 aliphatic carbocycles. The molecule has 0 aromatic rings. The van der Waals surface area contributed by atoms with Gasteiger partial charge in [0.15, 0.2) is 7.98 Å². The summed E-state index contributed by atoms with van der Waals surface area (Å²) in [7, 11) is 5.52. The molecule has 0 bridgehead atoms. The van der Waals surface area contributed by atoms with Crippen LogP contribution in [0.1, 0.15) is 38.5 Å². The Balaban J connectivity index is 4.41. The molecule has 2 amide bonds. The van der Waals surface area contributed by atoms with E-state index in [4.69, 9.17) is 56.8 Å². The van der Waals surface area contributed by atoms with Crippen molar-refractivity contribution < 1.29 is 77.6 Å². The lowest BCUT2D eigenvalue weighted by atomic mass is 10.2. The molecule has 0 spiro atoms. The third kappa shape index (κ3) is 29.7. The Morgan fingerprint density at radius 2 is 0.660 bits per heavy atom. The molecular formula is C27H46BN3O16. The standard InChI is InChI=1S/C27H46BN3O16/c28-31-21(17-42-7-1-22(32)29-19(13-44-9-3-24(34)35)14-45-10-4-25(36)37)18-43-8-2-23(33)30-20(15-46-11-5-26(38)39)16-47-12-6-27(40)41/h19-21,31H,1-18H2,(H,29,32)(H,30,33)(H,34,35)(H,36,37)(H,38,39)(H,40,41). The minimum atomic E-state index is -1.04. The highest BCUT2D eigenvalue weighted by molar-refractivity contribution is 6.04. The van der Waals surface area contributed by atoms with Gasteiger partial charge in [0, 0.05) is 18.9 Å². The van der Waals surface area contributed by atoms with Gasteiger partial charge in [0.2, 0.25) is 11.8 Å². The Bertz CT molecular complexity index is 814. The zero-order chi connectivity index (χ0) is 35.3. The SMILES string of the molecule is [B]NC(COCCC(=O)NC(COCCC(=O)O)COCCC(=O)O)COCCC(=O)NC(COCCC(=O)O)COCCC(=O)O. The van der Waals surface area contributed by atoms with E-state index in [0.717, 1.165) is 0 Å². The van der Waals surface area contributed by atoms with E-state index in [1.165, 1.54) is 0 Å². The molecule has 0 aromatic heterocycles. The fourth-order valence-corrected chi connectivity index (χ4v) is 3.33. The molecule has 0 fully saturated rings. The lowest BCUT2D eigenvalue weighted by molar-refractivity contribution is -0.139. The first kappa shape index (κ1) is 43.6. The molecule has 268 valence electrons. The van der Waals surface area contributed by atoms with E-state index in [2.05, 4.69) is 15.9 Å². The van der Waals surface area contributed by atoms with Gasteiger partial charge in [0.05, 0.1) is 117 Å². The molecule has 0 heterocycles. The average molecular weight is 679 g/mol. The van der Waals surface area contributed by atoms with Gasteiger partial charge in [0.1, 0.15) is 0 Å². The summed E-state index contributed by atoms with van der Waals surface area (Å²) in [6.07, 6.45) is -0.963. The molecule has 0 aliphatic rings. The highest BCUT2D eigenvalue weighted by atomic mass is 16.5. The molecule has 0 aromatic carbocycles. The van der Waals surface area contributed by atoms with Gasteiger partial charge in [-0.15, -0.1) is 0 Å². The van der Waals surface area contributed by atoms with Crippen molar-refractivity contribution in [2.45, 2.75) is 56.7 Å². The second kappa shape index (κ2) is 28.8. The number of carboxylic acids is 4. The predicted molar refractivity (Wildman–Crippen MR) is 160 cm³/mol. The van der Waals surface area contributed by atoms with E-state index in [0.29, 0.717) is 0 Å². The smallest absolute Gasteiger partial charge is 0.305 e. The Labute approximate surface area is 273 Å². The molecule has 47 heavy (non-hydrogen) atoms. The van der Waals surface area contributed by atoms with E-state index in [-0.39, 0.29) is 118 Å². The molecule has 0 rings (SSSR count). The van der Waals surface area contributed by atoms with Crippen molar-refractivity contribution in [3.8, 4) is 0 Å². The van der Waals surface area contributed by atoms with Gasteiger partial charge in [0.25, 0.3) is 0 Å². The van der Waals surface area contributed by atoms with Crippen LogP contribution < -0.4 is 15.9 Å². The van der Waals surface area contributed by atoms with Crippen LogP contribution in [0.4, 0.5) is 0 Å². The van der Waals surface area contributed by atoms with Crippen molar-refractivity contribution in [3.05, 3.63) is 0 Å². The Hall–Kier alpha value is -3.40. The van der Waals surface area contributed by atoms with Crippen molar-refractivity contribution in [3.63, 3.8) is 0 Å². The fourth-order valence-electron chi connectivity index (χ4n) is 3.33. The lowest BCUT2D eigenvalue weighted by Crippen LogP contribution is -2.42. The summed E-state index contributed by atoms with van der Waals surface area (Å²) in [5.74, 6) is -4.97. The van der Waals surface area contributed by atoms with Crippen LogP contribution in [-0.4, -0.2) is 162 Å². The number of hydrogen-bond acceptors (Lipinski definition) is 13. The van der Waals surface area contributed by atoms with E-state index in [1.807, 2.05) is 0 Å². The van der Waals surface area contributed by atoms with Crippen LogP contribution in [0.2, 0.25) is 0 Å². The van der Waals surface area contributed by atoms with Crippen molar-refractivity contribution >= 4 is 43.7 Å². The van der Waals surface area contributed by atoms with Gasteiger partial charge in [-0.2, -0.15) is 0 Å². The maximum absolute atomic E-state index is 12.3. The Kier molecular flexibility index (Phi) is 26.7. The van der Waals surface area contributed by atoms with Crippen LogP contribution >= 0.6 is 0 Å². The summed E-state index contributed by atoms with van der Waals surface area (Å²) < 4.78 is 32.0. The minimum Gasteiger partial charge on any atom is -0.481 e. The molecular weight excluding hydrogens is 633 g/mol. The van der Waals surface area contributed by atoms with E-state index in [9.17, 15) is 28.8 Å². The maximum Gasteiger partial charge on any atom is 0.305 e. The fraction of sp³-hybridized carbons (Fsp3) is 0.778. The normalized spacial score (nSPS) is 11.2. The monoisotopic (exact) mass is 679 g/mol. The number of aliphatic carboxylic acids is 4. The molecule has 20 heteroatoms. The van der Waals surface area contributed by atoms with E-state index < -0.39 is 53.8 Å². The maximum atomic E-state index is 12.3. The van der Waals surface area contributed by atoms with Crippen LogP contribution in [0, 0.1) is 0 Å². The number of carbonyl (C=O) groups is 6. The van der Waals surface area contributed by atoms with Crippen LogP contribution in [0.25, 0.3) is 0 Å². The van der Waals surface area contributed by atoms with Gasteiger partial charge >= 0.3 is 23.9 Å². The highest BCUT2D eigenvalue weighted by Crippen LogP contribution is 1.98. The summed E-state index contributed by atoms with van der Waals surface area (Å²) >= 11 is 0. The third-order valence-corrected chi connectivity index (χ3v) is 5.67. The van der Waals surface area contributed by atoms with Crippen molar-refractivity contribution in [2.24, 2.45) is 0 Å². The molecule has 0 saturated carbocycles. The predicted octanol–water partition coefficient (Wildman–Crippen LogP) is -2.22. The number of nitrogens with one attached hydrogen (secondary N) is 3. The molecule has 0 saturated heterocycles. The number of hydrogen-bond donors (Lipinski definition) is 7. The second-order valence-corrected chi connectivity index (χ2v) is 9.92. The first-order valence-corrected chi connectivity index (χ1v) is 14.8. The summed E-state index contributed by atoms with van der Waals surface area (Å²) in [5, 5.41) is 42.7. The number of amides is 2. The third-order valence-electron chi connectivity index (χ3n) is 5.67. The largest absolute Gasteiger partial charge is 0.481 e. The van der Waals surface area contributed by atoms with Crippen molar-refractivity contribution in [1.82, 2.24) is 15.9 Å². The second-order valence-electron chi connectivity index (χ2n) is 9.92. The quantitative estimate of drug-likeness (QED) is 0.0286. The first-order valence-electron chi connectivity index (χ1n) is 14.8.